The minimum atomic E-state index is -1.17. The molecule has 0 heterocycles. The van der Waals surface area contributed by atoms with Gasteiger partial charge in [0.15, 0.2) is 0 Å². The van der Waals surface area contributed by atoms with E-state index in [0.29, 0.717) is 0 Å². The Kier molecular flexibility index (Phi) is 50.8. The van der Waals surface area contributed by atoms with E-state index in [-0.39, 0.29) is 133 Å². The second-order valence-corrected chi connectivity index (χ2v) is 9.44. The summed E-state index contributed by atoms with van der Waals surface area (Å²) >= 11 is 0. The van der Waals surface area contributed by atoms with Crippen molar-refractivity contribution in [1.29, 1.82) is 0 Å². The van der Waals surface area contributed by atoms with E-state index in [1.165, 1.54) is 41.5 Å². The molecule has 19 heteroatoms. The van der Waals surface area contributed by atoms with Crippen LogP contribution in [-0.4, -0.2) is 70.5 Å². The van der Waals surface area contributed by atoms with Gasteiger partial charge in [0.25, 0.3) is 0 Å². The zero-order chi connectivity index (χ0) is 39.4. The second-order valence-electron chi connectivity index (χ2n) is 9.44. The van der Waals surface area contributed by atoms with Gasteiger partial charge in [0.05, 0.1) is 0 Å². The van der Waals surface area contributed by atoms with Crippen LogP contribution >= 0.6 is 0 Å². The molecular weight excluding hydrogens is 744 g/mol. The van der Waals surface area contributed by atoms with Gasteiger partial charge in [-0.05, 0) is 80.1 Å². The van der Waals surface area contributed by atoms with Crippen molar-refractivity contribution in [3.63, 3.8) is 0 Å². The molecule has 0 aromatic rings. The van der Waals surface area contributed by atoms with Crippen LogP contribution in [-0.2, 0) is 78.6 Å². The monoisotopic (exact) mass is 788 g/mol. The fourth-order valence-electron chi connectivity index (χ4n) is 1.67. The maximum Gasteiger partial charge on any atom is 6.00 e. The van der Waals surface area contributed by atoms with Crippen molar-refractivity contribution in [2.75, 3.05) is 0 Å². The molecular formula is C30H42MoO18. The molecule has 276 valence electrons. The van der Waals surface area contributed by atoms with E-state index >= 15 is 0 Å². The van der Waals surface area contributed by atoms with Crippen molar-refractivity contribution in [3.05, 3.63) is 0 Å². The number of ketones is 6. The van der Waals surface area contributed by atoms with Crippen LogP contribution in [0.1, 0.15) is 119 Å². The van der Waals surface area contributed by atoms with Gasteiger partial charge in [0.1, 0.15) is 34.7 Å². The summed E-state index contributed by atoms with van der Waals surface area (Å²) in [7, 11) is 0. The maximum absolute atomic E-state index is 10.1. The summed E-state index contributed by atoms with van der Waals surface area (Å²) in [6.45, 7) is 8.10. The zero-order valence-corrected chi connectivity index (χ0v) is 30.2. The van der Waals surface area contributed by atoms with Crippen LogP contribution < -0.4 is 30.6 Å². The average Bonchev–Trinajstić information content (AvgIpc) is 2.92. The number of carboxylic acids is 6. The van der Waals surface area contributed by atoms with Crippen molar-refractivity contribution >= 4 is 70.5 Å². The van der Waals surface area contributed by atoms with Gasteiger partial charge in [-0.1, -0.05) is 0 Å². The summed E-state index contributed by atoms with van der Waals surface area (Å²) in [6, 6.07) is 0. The minimum absolute atomic E-state index is 0. The molecule has 0 aromatic carbocycles. The van der Waals surface area contributed by atoms with Crippen LogP contribution in [0.3, 0.4) is 0 Å². The molecule has 0 unspecified atom stereocenters. The zero-order valence-electron chi connectivity index (χ0n) is 28.2. The molecule has 0 aliphatic heterocycles. The molecule has 0 N–H and O–H groups in total. The SMILES string of the molecule is CC(=O)CCC(=O)[O-].CC(=O)CCC(=O)[O-].CC(=O)CCC(=O)[O-].CC(=O)CCC(=O)[O-].CC(=O)CCC(=O)[O-].CC(=O)CCC(=O)[O-].[Mo+6]. The molecule has 0 amide bonds. The predicted octanol–water partition coefficient (Wildman–Crippen LogP) is -5.37. The normalized spacial score (nSPS) is 8.45. The molecule has 0 spiro atoms. The van der Waals surface area contributed by atoms with Gasteiger partial charge in [-0.15, -0.1) is 0 Å². The van der Waals surface area contributed by atoms with Crippen LogP contribution in [0.2, 0.25) is 0 Å². The Morgan fingerprint density at radius 1 is 0.245 bits per heavy atom. The predicted molar refractivity (Wildman–Crippen MR) is 150 cm³/mol. The number of carbonyl (C=O) groups is 12. The number of rotatable bonds is 18. The van der Waals surface area contributed by atoms with Crippen molar-refractivity contribution < 1.29 is 109 Å². The van der Waals surface area contributed by atoms with Gasteiger partial charge < -0.3 is 88.2 Å². The summed E-state index contributed by atoms with van der Waals surface area (Å²) in [6.07, 6.45) is -0.431. The Morgan fingerprint density at radius 3 is 0.347 bits per heavy atom. The first kappa shape index (κ1) is 59.9. The first-order chi connectivity index (χ1) is 21.8. The average molecular weight is 787 g/mol. The van der Waals surface area contributed by atoms with Gasteiger partial charge in [0.2, 0.25) is 0 Å². The Morgan fingerprint density at radius 2 is 0.327 bits per heavy atom. The molecule has 0 aliphatic carbocycles. The van der Waals surface area contributed by atoms with Gasteiger partial charge in [-0.2, -0.15) is 0 Å². The standard InChI is InChI=1S/6C5H8O3.Mo/c6*1-4(6)2-3-5(7)8;/h6*2-3H2,1H3,(H,7,8);/q;;;;;;+6/p-6. The third-order valence-electron chi connectivity index (χ3n) is 4.09. The molecule has 0 atom stereocenters. The van der Waals surface area contributed by atoms with Gasteiger partial charge in [-0.3, -0.25) is 0 Å². The largest absolute Gasteiger partial charge is 6.00 e. The van der Waals surface area contributed by atoms with E-state index in [2.05, 4.69) is 0 Å². The molecule has 0 bridgehead atoms. The fourth-order valence-corrected chi connectivity index (χ4v) is 1.67. The quantitative estimate of drug-likeness (QED) is 0.117. The molecule has 0 radical (unpaired) electrons. The van der Waals surface area contributed by atoms with Crippen molar-refractivity contribution in [3.8, 4) is 0 Å². The Labute approximate surface area is 297 Å². The van der Waals surface area contributed by atoms with Crippen molar-refractivity contribution in [2.24, 2.45) is 0 Å². The van der Waals surface area contributed by atoms with Gasteiger partial charge in [-0.25, -0.2) is 0 Å². The molecule has 0 saturated heterocycles. The first-order valence-electron chi connectivity index (χ1n) is 13.9. The summed E-state index contributed by atoms with van der Waals surface area (Å²) < 4.78 is 0. The molecule has 0 saturated carbocycles. The van der Waals surface area contributed by atoms with Crippen LogP contribution in [0.4, 0.5) is 0 Å². The van der Waals surface area contributed by atoms with Gasteiger partial charge >= 0.3 is 21.1 Å². The van der Waals surface area contributed by atoms with Crippen LogP contribution in [0, 0.1) is 0 Å². The summed E-state index contributed by atoms with van der Waals surface area (Å²) in [5.41, 5.74) is 0. The van der Waals surface area contributed by atoms with Crippen LogP contribution in [0.5, 0.6) is 0 Å². The summed E-state index contributed by atoms with van der Waals surface area (Å²) in [5.74, 6) is -7.70. The maximum atomic E-state index is 10.1. The molecule has 18 nitrogen and oxygen atoms in total. The van der Waals surface area contributed by atoms with Crippen molar-refractivity contribution in [2.45, 2.75) is 119 Å². The van der Waals surface area contributed by atoms with Gasteiger partial charge in [0, 0.05) is 74.3 Å². The third kappa shape index (κ3) is 115. The summed E-state index contributed by atoms with van der Waals surface area (Å²) in [5, 5.41) is 57.8. The van der Waals surface area contributed by atoms with E-state index < -0.39 is 35.8 Å². The van der Waals surface area contributed by atoms with E-state index in [1.54, 1.807) is 0 Å². The Bertz CT molecular complexity index is 778. The third-order valence-corrected chi connectivity index (χ3v) is 4.09. The van der Waals surface area contributed by atoms with Crippen molar-refractivity contribution in [1.82, 2.24) is 0 Å². The smallest absolute Gasteiger partial charge is 0.550 e. The molecule has 0 aromatic heterocycles. The van der Waals surface area contributed by atoms with Crippen LogP contribution in [0.25, 0.3) is 0 Å². The molecule has 0 aliphatic rings. The number of aliphatic carboxylic acids is 6. The van der Waals surface area contributed by atoms with E-state index in [9.17, 15) is 88.2 Å². The van der Waals surface area contributed by atoms with E-state index in [0.717, 1.165) is 0 Å². The van der Waals surface area contributed by atoms with E-state index in [4.69, 9.17) is 0 Å². The Balaban J connectivity index is -0.0000000860. The van der Waals surface area contributed by atoms with Crippen LogP contribution in [0.15, 0.2) is 0 Å². The number of hydrogen-bond donors (Lipinski definition) is 0. The number of carboxylic acid groups (broad SMARTS) is 6. The second kappa shape index (κ2) is 41.6. The number of carbonyl (C=O) groups excluding carboxylic acids is 12. The minimum Gasteiger partial charge on any atom is -0.550 e. The summed E-state index contributed by atoms with van der Waals surface area (Å²) in [4.78, 5) is 118. The topological polar surface area (TPSA) is 343 Å². The fraction of sp³-hybridized carbons (Fsp3) is 0.600. The first-order valence-corrected chi connectivity index (χ1v) is 13.9. The van der Waals surface area contributed by atoms with E-state index in [1.807, 2.05) is 0 Å². The molecule has 49 heavy (non-hydrogen) atoms. The number of hydrogen-bond acceptors (Lipinski definition) is 18. The Hall–Kier alpha value is -4.47. The molecule has 0 fully saturated rings. The number of Topliss-reactive ketones (excluding diaryl/α,β-unsaturated/α-hetero) is 6. The molecule has 0 rings (SSSR count).